The average Bonchev–Trinajstić information content (AvgIpc) is 2.89. The number of rotatable bonds is 5. The first-order chi connectivity index (χ1) is 11.1. The molecule has 3 aromatic rings. The van der Waals surface area contributed by atoms with Gasteiger partial charge >= 0.3 is 0 Å². The van der Waals surface area contributed by atoms with E-state index >= 15 is 0 Å². The number of hydrogen-bond acceptors (Lipinski definition) is 3. The van der Waals surface area contributed by atoms with Gasteiger partial charge in [-0.05, 0) is 29.3 Å². The molecule has 6 heteroatoms. The van der Waals surface area contributed by atoms with E-state index in [-0.39, 0.29) is 0 Å². The molecule has 1 aromatic heterocycles. The average molecular weight is 364 g/mol. The lowest BCUT2D eigenvalue weighted by Crippen LogP contribution is -2.00. The highest BCUT2D eigenvalue weighted by atomic mass is 35.5. The lowest BCUT2D eigenvalue weighted by atomic mass is 10.1. The van der Waals surface area contributed by atoms with Gasteiger partial charge in [-0.3, -0.25) is 0 Å². The van der Waals surface area contributed by atoms with Gasteiger partial charge in [-0.2, -0.15) is 0 Å². The van der Waals surface area contributed by atoms with Gasteiger partial charge in [0.2, 0.25) is 0 Å². The third-order valence-electron chi connectivity index (χ3n) is 3.52. The van der Waals surface area contributed by atoms with Gasteiger partial charge in [0, 0.05) is 29.3 Å². The molecule has 0 fully saturated rings. The van der Waals surface area contributed by atoms with Crippen LogP contribution in [0.15, 0.2) is 53.7 Å². The van der Waals surface area contributed by atoms with Crippen LogP contribution in [0.4, 0.5) is 0 Å². The van der Waals surface area contributed by atoms with Crippen LogP contribution in [0.2, 0.25) is 10.0 Å². The summed E-state index contributed by atoms with van der Waals surface area (Å²) in [6.45, 7) is 0. The van der Waals surface area contributed by atoms with Crippen molar-refractivity contribution in [2.45, 2.75) is 17.3 Å². The molecule has 1 heterocycles. The van der Waals surface area contributed by atoms with Crippen molar-refractivity contribution in [3.05, 3.63) is 75.5 Å². The van der Waals surface area contributed by atoms with Gasteiger partial charge in [0.25, 0.3) is 0 Å². The van der Waals surface area contributed by atoms with E-state index in [0.29, 0.717) is 0 Å². The molecule has 23 heavy (non-hydrogen) atoms. The monoisotopic (exact) mass is 363 g/mol. The molecule has 0 spiro atoms. The second-order valence-electron chi connectivity index (χ2n) is 5.14. The van der Waals surface area contributed by atoms with Crippen LogP contribution in [-0.4, -0.2) is 14.8 Å². The molecular formula is C17H15Cl2N3S. The zero-order valence-corrected chi connectivity index (χ0v) is 14.9. The van der Waals surface area contributed by atoms with Gasteiger partial charge in [0.1, 0.15) is 5.82 Å². The molecular weight excluding hydrogens is 349 g/mol. The van der Waals surface area contributed by atoms with Crippen LogP contribution in [0, 0.1) is 0 Å². The standard InChI is InChI=1S/C17H15Cl2N3S/c1-22-16(10-12-6-8-14(18)9-7-12)20-21-17(22)23-11-13-4-2-3-5-15(13)19/h2-9H,10-11H2,1H3. The molecule has 0 aliphatic heterocycles. The minimum Gasteiger partial charge on any atom is -0.309 e. The number of aromatic nitrogens is 3. The summed E-state index contributed by atoms with van der Waals surface area (Å²) in [6.07, 6.45) is 0.729. The molecule has 0 saturated carbocycles. The van der Waals surface area contributed by atoms with E-state index in [1.807, 2.05) is 60.1 Å². The molecule has 0 aliphatic rings. The predicted octanol–water partition coefficient (Wildman–Crippen LogP) is 5.01. The van der Waals surface area contributed by atoms with Crippen LogP contribution in [0.5, 0.6) is 0 Å². The number of benzene rings is 2. The van der Waals surface area contributed by atoms with E-state index < -0.39 is 0 Å². The normalized spacial score (nSPS) is 10.9. The van der Waals surface area contributed by atoms with Crippen LogP contribution in [-0.2, 0) is 19.2 Å². The van der Waals surface area contributed by atoms with Gasteiger partial charge in [0.15, 0.2) is 5.16 Å². The molecule has 0 bridgehead atoms. The predicted molar refractivity (Wildman–Crippen MR) is 96.3 cm³/mol. The van der Waals surface area contributed by atoms with Crippen LogP contribution >= 0.6 is 35.0 Å². The molecule has 0 aliphatic carbocycles. The Morgan fingerprint density at radius 2 is 1.74 bits per heavy atom. The quantitative estimate of drug-likeness (QED) is 0.597. The van der Waals surface area contributed by atoms with E-state index in [1.165, 1.54) is 0 Å². The summed E-state index contributed by atoms with van der Waals surface area (Å²) in [5, 5.41) is 11.0. The summed E-state index contributed by atoms with van der Waals surface area (Å²) < 4.78 is 2.02. The van der Waals surface area contributed by atoms with Crippen molar-refractivity contribution < 1.29 is 0 Å². The van der Waals surface area contributed by atoms with Crippen molar-refractivity contribution in [3.63, 3.8) is 0 Å². The van der Waals surface area contributed by atoms with Crippen LogP contribution in [0.3, 0.4) is 0 Å². The number of nitrogens with zero attached hydrogens (tertiary/aromatic N) is 3. The Hall–Kier alpha value is -1.49. The topological polar surface area (TPSA) is 30.7 Å². The smallest absolute Gasteiger partial charge is 0.191 e. The van der Waals surface area contributed by atoms with Gasteiger partial charge in [-0.25, -0.2) is 0 Å². The third kappa shape index (κ3) is 4.08. The van der Waals surface area contributed by atoms with Crippen LogP contribution < -0.4 is 0 Å². The molecule has 0 atom stereocenters. The van der Waals surface area contributed by atoms with E-state index in [2.05, 4.69) is 10.2 Å². The Bertz CT molecular complexity index is 800. The molecule has 0 unspecified atom stereocenters. The fourth-order valence-electron chi connectivity index (χ4n) is 2.17. The number of halogens is 2. The molecule has 0 radical (unpaired) electrons. The summed E-state index contributed by atoms with van der Waals surface area (Å²) in [5.74, 6) is 1.70. The summed E-state index contributed by atoms with van der Waals surface area (Å²) in [4.78, 5) is 0. The van der Waals surface area contributed by atoms with Gasteiger partial charge in [0.05, 0.1) is 0 Å². The first-order valence-corrected chi connectivity index (χ1v) is 8.86. The zero-order valence-electron chi connectivity index (χ0n) is 12.5. The minimum atomic E-state index is 0.729. The summed E-state index contributed by atoms with van der Waals surface area (Å²) in [6, 6.07) is 15.6. The first-order valence-electron chi connectivity index (χ1n) is 7.12. The van der Waals surface area contributed by atoms with Crippen LogP contribution in [0.1, 0.15) is 17.0 Å². The molecule has 0 N–H and O–H groups in total. The Morgan fingerprint density at radius 1 is 1.00 bits per heavy atom. The molecule has 118 valence electrons. The summed E-state index contributed by atoms with van der Waals surface area (Å²) in [5.41, 5.74) is 2.26. The van der Waals surface area contributed by atoms with Crippen molar-refractivity contribution in [1.29, 1.82) is 0 Å². The van der Waals surface area contributed by atoms with Crippen molar-refractivity contribution in [2.75, 3.05) is 0 Å². The largest absolute Gasteiger partial charge is 0.309 e. The molecule has 2 aromatic carbocycles. The molecule has 3 rings (SSSR count). The molecule has 3 nitrogen and oxygen atoms in total. The van der Waals surface area contributed by atoms with Crippen molar-refractivity contribution >= 4 is 35.0 Å². The maximum absolute atomic E-state index is 6.19. The fraction of sp³-hybridized carbons (Fsp3) is 0.176. The number of hydrogen-bond donors (Lipinski definition) is 0. The van der Waals surface area contributed by atoms with E-state index in [1.54, 1.807) is 11.8 Å². The van der Waals surface area contributed by atoms with Gasteiger partial charge in [-0.1, -0.05) is 65.3 Å². The third-order valence-corrected chi connectivity index (χ3v) is 5.20. The van der Waals surface area contributed by atoms with Gasteiger partial charge in [-0.15, -0.1) is 10.2 Å². The summed E-state index contributed by atoms with van der Waals surface area (Å²) in [7, 11) is 1.99. The minimum absolute atomic E-state index is 0.729. The molecule has 0 saturated heterocycles. The first kappa shape index (κ1) is 16.4. The fourth-order valence-corrected chi connectivity index (χ4v) is 3.51. The lowest BCUT2D eigenvalue weighted by molar-refractivity contribution is 0.749. The van der Waals surface area contributed by atoms with Crippen LogP contribution in [0.25, 0.3) is 0 Å². The van der Waals surface area contributed by atoms with E-state index in [0.717, 1.165) is 44.3 Å². The lowest BCUT2D eigenvalue weighted by Gasteiger charge is -2.05. The maximum atomic E-state index is 6.19. The Labute approximate surface area is 149 Å². The highest BCUT2D eigenvalue weighted by molar-refractivity contribution is 7.98. The zero-order chi connectivity index (χ0) is 16.2. The van der Waals surface area contributed by atoms with Crippen molar-refractivity contribution in [2.24, 2.45) is 7.05 Å². The van der Waals surface area contributed by atoms with Gasteiger partial charge < -0.3 is 4.57 Å². The Kier molecular flexibility index (Phi) is 5.26. The SMILES string of the molecule is Cn1c(Cc2ccc(Cl)cc2)nnc1SCc1ccccc1Cl. The number of thioether (sulfide) groups is 1. The van der Waals surface area contributed by atoms with Crippen molar-refractivity contribution in [1.82, 2.24) is 14.8 Å². The van der Waals surface area contributed by atoms with Crippen molar-refractivity contribution in [3.8, 4) is 0 Å². The summed E-state index contributed by atoms with van der Waals surface area (Å²) >= 11 is 13.7. The second-order valence-corrected chi connectivity index (χ2v) is 6.93. The highest BCUT2D eigenvalue weighted by Gasteiger charge is 2.11. The maximum Gasteiger partial charge on any atom is 0.191 e. The molecule has 0 amide bonds. The highest BCUT2D eigenvalue weighted by Crippen LogP contribution is 2.26. The Balaban J connectivity index is 1.69. The Morgan fingerprint density at radius 3 is 2.48 bits per heavy atom. The van der Waals surface area contributed by atoms with E-state index in [9.17, 15) is 0 Å². The van der Waals surface area contributed by atoms with E-state index in [4.69, 9.17) is 23.2 Å². The second kappa shape index (κ2) is 7.39.